The predicted molar refractivity (Wildman–Crippen MR) is 80.0 cm³/mol. The highest BCUT2D eigenvalue weighted by atomic mass is 16.2. The third-order valence-electron chi connectivity index (χ3n) is 5.15. The molecule has 0 saturated carbocycles. The second-order valence-corrected chi connectivity index (χ2v) is 6.73. The summed E-state index contributed by atoms with van der Waals surface area (Å²) in [4.78, 5) is 37.6. The van der Waals surface area contributed by atoms with Crippen molar-refractivity contribution in [3.05, 3.63) is 0 Å². The number of nitrogens with zero attached hydrogens (tertiary/aromatic N) is 1. The Morgan fingerprint density at radius 2 is 1.95 bits per heavy atom. The number of hydrogen-bond donors (Lipinski definition) is 3. The Labute approximate surface area is 130 Å². The van der Waals surface area contributed by atoms with Crippen LogP contribution in [0, 0.1) is 5.41 Å². The third-order valence-corrected chi connectivity index (χ3v) is 5.15. The predicted octanol–water partition coefficient (Wildman–Crippen LogP) is -0.0332. The van der Waals surface area contributed by atoms with Crippen molar-refractivity contribution >= 4 is 17.8 Å². The van der Waals surface area contributed by atoms with Gasteiger partial charge in [-0.25, -0.2) is 4.79 Å². The smallest absolute Gasteiger partial charge is 0.322 e. The van der Waals surface area contributed by atoms with Crippen molar-refractivity contribution in [2.45, 2.75) is 44.6 Å². The number of urea groups is 1. The highest BCUT2D eigenvalue weighted by molar-refractivity contribution is 5.98. The van der Waals surface area contributed by atoms with E-state index in [1.807, 2.05) is 4.90 Å². The Morgan fingerprint density at radius 1 is 1.18 bits per heavy atom. The lowest BCUT2D eigenvalue weighted by Gasteiger charge is -2.46. The average Bonchev–Trinajstić information content (AvgIpc) is 2.68. The van der Waals surface area contributed by atoms with E-state index in [2.05, 4.69) is 16.0 Å². The zero-order valence-electron chi connectivity index (χ0n) is 12.8. The zero-order valence-corrected chi connectivity index (χ0v) is 12.8. The molecule has 0 aromatic carbocycles. The summed E-state index contributed by atoms with van der Waals surface area (Å²) in [6.45, 7) is 3.56. The van der Waals surface area contributed by atoms with Gasteiger partial charge in [0.25, 0.3) is 0 Å². The van der Waals surface area contributed by atoms with Gasteiger partial charge in [0.15, 0.2) is 0 Å². The highest BCUT2D eigenvalue weighted by Gasteiger charge is 2.40. The molecule has 1 unspecified atom stereocenters. The first-order valence-corrected chi connectivity index (χ1v) is 8.18. The van der Waals surface area contributed by atoms with Crippen LogP contribution in [0.5, 0.6) is 0 Å². The summed E-state index contributed by atoms with van der Waals surface area (Å²) < 4.78 is 0. The van der Waals surface area contributed by atoms with Gasteiger partial charge in [-0.2, -0.15) is 0 Å². The topological polar surface area (TPSA) is 90.5 Å². The van der Waals surface area contributed by atoms with Gasteiger partial charge in [-0.1, -0.05) is 0 Å². The number of nitrogens with one attached hydrogen (secondary N) is 3. The minimum Gasteiger partial charge on any atom is -0.340 e. The number of likely N-dealkylation sites (tertiary alicyclic amines) is 1. The normalized spacial score (nSPS) is 28.7. The number of piperidine rings is 2. The number of carbonyl (C=O) groups is 3. The summed E-state index contributed by atoms with van der Waals surface area (Å²) >= 11 is 0. The monoisotopic (exact) mass is 308 g/mol. The van der Waals surface area contributed by atoms with Gasteiger partial charge in [0.05, 0.1) is 0 Å². The van der Waals surface area contributed by atoms with Gasteiger partial charge in [-0.3, -0.25) is 14.9 Å². The summed E-state index contributed by atoms with van der Waals surface area (Å²) in [5.74, 6) is -0.358. The van der Waals surface area contributed by atoms with Crippen LogP contribution in [-0.4, -0.2) is 55.0 Å². The fraction of sp³-hybridized carbons (Fsp3) is 0.800. The molecular weight excluding hydrogens is 284 g/mol. The Morgan fingerprint density at radius 3 is 2.73 bits per heavy atom. The standard InChI is InChI=1S/C15H24N4O3/c20-12-3-2-11(17-14(22)18-12)13(21)19-9-1-4-15(10-19)5-7-16-8-6-15/h11,16H,1-10H2,(H2,17,18,20,22). The van der Waals surface area contributed by atoms with Gasteiger partial charge in [0.1, 0.15) is 6.04 Å². The molecule has 3 aliphatic rings. The Kier molecular flexibility index (Phi) is 4.33. The van der Waals surface area contributed by atoms with Crippen LogP contribution < -0.4 is 16.0 Å². The van der Waals surface area contributed by atoms with Gasteiger partial charge >= 0.3 is 6.03 Å². The fourth-order valence-corrected chi connectivity index (χ4v) is 3.90. The molecule has 3 rings (SSSR count). The fourth-order valence-electron chi connectivity index (χ4n) is 3.90. The number of imide groups is 1. The van der Waals surface area contributed by atoms with Gasteiger partial charge in [-0.05, 0) is 50.6 Å². The molecule has 1 spiro atoms. The molecule has 0 aromatic rings. The van der Waals surface area contributed by atoms with Crippen molar-refractivity contribution in [3.8, 4) is 0 Å². The second kappa shape index (κ2) is 6.24. The molecule has 3 fully saturated rings. The second-order valence-electron chi connectivity index (χ2n) is 6.73. The van der Waals surface area contributed by atoms with Crippen molar-refractivity contribution in [1.29, 1.82) is 0 Å². The maximum absolute atomic E-state index is 12.7. The van der Waals surface area contributed by atoms with Crippen LogP contribution in [0.15, 0.2) is 0 Å². The summed E-state index contributed by atoms with van der Waals surface area (Å²) in [6, 6.07) is -1.14. The molecule has 0 bridgehead atoms. The van der Waals surface area contributed by atoms with Gasteiger partial charge in [0.2, 0.25) is 11.8 Å². The Balaban J connectivity index is 1.66. The number of hydrogen-bond acceptors (Lipinski definition) is 4. The van der Waals surface area contributed by atoms with Crippen LogP contribution in [0.2, 0.25) is 0 Å². The van der Waals surface area contributed by atoms with E-state index in [1.54, 1.807) is 0 Å². The van der Waals surface area contributed by atoms with E-state index in [9.17, 15) is 14.4 Å². The molecule has 7 nitrogen and oxygen atoms in total. The van der Waals surface area contributed by atoms with E-state index >= 15 is 0 Å². The zero-order chi connectivity index (χ0) is 15.6. The molecule has 3 aliphatic heterocycles. The van der Waals surface area contributed by atoms with Gasteiger partial charge < -0.3 is 15.5 Å². The van der Waals surface area contributed by atoms with E-state index < -0.39 is 12.1 Å². The quantitative estimate of drug-likeness (QED) is 0.634. The van der Waals surface area contributed by atoms with Crippen LogP contribution in [0.25, 0.3) is 0 Å². The van der Waals surface area contributed by atoms with E-state index in [1.165, 1.54) is 6.42 Å². The van der Waals surface area contributed by atoms with Crippen molar-refractivity contribution in [2.24, 2.45) is 5.41 Å². The summed E-state index contributed by atoms with van der Waals surface area (Å²) in [7, 11) is 0. The lowest BCUT2D eigenvalue weighted by molar-refractivity contribution is -0.137. The van der Waals surface area contributed by atoms with E-state index in [4.69, 9.17) is 0 Å². The maximum Gasteiger partial charge on any atom is 0.322 e. The summed E-state index contributed by atoms with van der Waals surface area (Å²) in [5, 5.41) is 8.22. The van der Waals surface area contributed by atoms with Crippen molar-refractivity contribution in [1.82, 2.24) is 20.9 Å². The summed E-state index contributed by atoms with van der Waals surface area (Å²) in [5.41, 5.74) is 0.238. The van der Waals surface area contributed by atoms with Gasteiger partial charge in [-0.15, -0.1) is 0 Å². The van der Waals surface area contributed by atoms with E-state index in [-0.39, 0.29) is 23.7 Å². The molecule has 7 heteroatoms. The van der Waals surface area contributed by atoms with Crippen LogP contribution in [-0.2, 0) is 9.59 Å². The van der Waals surface area contributed by atoms with Gasteiger partial charge in [0, 0.05) is 19.5 Å². The Hall–Kier alpha value is -1.63. The largest absolute Gasteiger partial charge is 0.340 e. The van der Waals surface area contributed by atoms with Crippen molar-refractivity contribution in [2.75, 3.05) is 26.2 Å². The molecule has 0 radical (unpaired) electrons. The number of carbonyl (C=O) groups excluding carboxylic acids is 3. The molecule has 4 amide bonds. The molecule has 3 N–H and O–H groups in total. The van der Waals surface area contributed by atoms with Crippen LogP contribution in [0.3, 0.4) is 0 Å². The van der Waals surface area contributed by atoms with Crippen molar-refractivity contribution in [3.63, 3.8) is 0 Å². The van der Waals surface area contributed by atoms with Crippen molar-refractivity contribution < 1.29 is 14.4 Å². The molecule has 22 heavy (non-hydrogen) atoms. The molecule has 0 aliphatic carbocycles. The number of rotatable bonds is 1. The lowest BCUT2D eigenvalue weighted by Crippen LogP contribution is -2.55. The van der Waals surface area contributed by atoms with Crippen LogP contribution in [0.1, 0.15) is 38.5 Å². The average molecular weight is 308 g/mol. The SMILES string of the molecule is O=C1CCC(C(=O)N2CCCC3(CCNCC3)C2)NC(=O)N1. The summed E-state index contributed by atoms with van der Waals surface area (Å²) in [6.07, 6.45) is 4.99. The van der Waals surface area contributed by atoms with Crippen LogP contribution >= 0.6 is 0 Å². The third kappa shape index (κ3) is 3.24. The van der Waals surface area contributed by atoms with E-state index in [0.29, 0.717) is 6.42 Å². The van der Waals surface area contributed by atoms with E-state index in [0.717, 1.165) is 45.4 Å². The molecule has 3 saturated heterocycles. The minimum absolute atomic E-state index is 0.0394. The minimum atomic E-state index is -0.580. The lowest BCUT2D eigenvalue weighted by atomic mass is 9.73. The highest BCUT2D eigenvalue weighted by Crippen LogP contribution is 2.38. The molecule has 0 aromatic heterocycles. The number of amides is 4. The first-order chi connectivity index (χ1) is 10.6. The first-order valence-electron chi connectivity index (χ1n) is 8.18. The molecule has 3 heterocycles. The first kappa shape index (κ1) is 15.3. The van der Waals surface area contributed by atoms with Crippen LogP contribution in [0.4, 0.5) is 4.79 Å². The maximum atomic E-state index is 12.7. The Bertz CT molecular complexity index is 468. The molecule has 1 atom stereocenters. The molecular formula is C15H24N4O3. The molecule has 122 valence electrons.